The van der Waals surface area contributed by atoms with Gasteiger partial charge in [-0.25, -0.2) is 19.7 Å². The SMILES string of the molecule is Cc1cccc(C)c1NC(=O)NS/N=C/c1ncc2c(ccc3c2ncn3-c2ccc(OC(F)(F)F)cc2)n1. The van der Waals surface area contributed by atoms with Crippen molar-refractivity contribution in [2.45, 2.75) is 20.2 Å². The number of nitrogens with one attached hydrogen (secondary N) is 2. The second-order valence-electron chi connectivity index (χ2n) is 8.40. The summed E-state index contributed by atoms with van der Waals surface area (Å²) in [4.78, 5) is 25.5. The molecule has 0 atom stereocenters. The fourth-order valence-electron chi connectivity index (χ4n) is 3.97. The number of benzene rings is 3. The van der Waals surface area contributed by atoms with Crippen molar-refractivity contribution in [3.8, 4) is 11.4 Å². The number of imidazole rings is 1. The number of anilines is 1. The monoisotopic (exact) mass is 551 g/mol. The van der Waals surface area contributed by atoms with E-state index in [2.05, 4.69) is 34.1 Å². The minimum absolute atomic E-state index is 0.306. The lowest BCUT2D eigenvalue weighted by Gasteiger charge is -2.10. The van der Waals surface area contributed by atoms with Crippen LogP contribution >= 0.6 is 12.1 Å². The number of nitrogens with zero attached hydrogens (tertiary/aromatic N) is 5. The summed E-state index contributed by atoms with van der Waals surface area (Å²) in [5, 5.41) is 3.50. The summed E-state index contributed by atoms with van der Waals surface area (Å²) in [5.74, 6) is 0.0325. The third-order valence-corrected chi connectivity index (χ3v) is 6.21. The summed E-state index contributed by atoms with van der Waals surface area (Å²) in [7, 11) is 0. The summed E-state index contributed by atoms with van der Waals surface area (Å²) in [6, 6.07) is 14.4. The summed E-state index contributed by atoms with van der Waals surface area (Å²) >= 11 is 0.840. The summed E-state index contributed by atoms with van der Waals surface area (Å²) in [6.07, 6.45) is -0.132. The zero-order valence-electron chi connectivity index (χ0n) is 20.5. The fraction of sp³-hybridized carbons (Fsp3) is 0.115. The van der Waals surface area contributed by atoms with Gasteiger partial charge in [-0.3, -0.25) is 9.29 Å². The number of rotatable bonds is 6. The molecule has 198 valence electrons. The Morgan fingerprint density at radius 2 is 1.79 bits per heavy atom. The molecule has 2 heterocycles. The van der Waals surface area contributed by atoms with Crippen molar-refractivity contribution < 1.29 is 22.7 Å². The van der Waals surface area contributed by atoms with Crippen LogP contribution in [-0.2, 0) is 0 Å². The number of carbonyl (C=O) groups excluding carboxylic acids is 1. The average Bonchev–Trinajstić information content (AvgIpc) is 3.33. The van der Waals surface area contributed by atoms with Crippen LogP contribution in [0.25, 0.3) is 27.6 Å². The van der Waals surface area contributed by atoms with Gasteiger partial charge in [0.05, 0.1) is 34.9 Å². The molecule has 0 aliphatic rings. The smallest absolute Gasteiger partial charge is 0.406 e. The normalized spacial score (nSPS) is 11.8. The Balaban J connectivity index is 1.27. The van der Waals surface area contributed by atoms with E-state index < -0.39 is 12.4 Å². The lowest BCUT2D eigenvalue weighted by molar-refractivity contribution is -0.274. The van der Waals surface area contributed by atoms with Crippen molar-refractivity contribution in [2.75, 3.05) is 5.32 Å². The van der Waals surface area contributed by atoms with Crippen molar-refractivity contribution in [3.05, 3.63) is 84.1 Å². The van der Waals surface area contributed by atoms with E-state index in [0.717, 1.165) is 34.5 Å². The molecule has 2 N–H and O–H groups in total. The molecule has 0 unspecified atom stereocenters. The second kappa shape index (κ2) is 10.6. The largest absolute Gasteiger partial charge is 0.573 e. The average molecular weight is 552 g/mol. The summed E-state index contributed by atoms with van der Waals surface area (Å²) < 4.78 is 49.7. The third kappa shape index (κ3) is 5.93. The molecule has 0 saturated carbocycles. The van der Waals surface area contributed by atoms with Gasteiger partial charge in [-0.2, -0.15) is 4.40 Å². The molecule has 9 nitrogen and oxygen atoms in total. The standard InChI is InChI=1S/C26H20F3N7O2S/c1-15-4-3-5-16(2)23(15)34-25(37)35-39-32-13-22-30-12-19-20(33-22)10-11-21-24(19)31-14-36(21)17-6-8-18(9-7-17)38-26(27,28)29/h3-14H,1-2H3,(H2,34,35,37)/b32-13+. The Labute approximate surface area is 224 Å². The minimum Gasteiger partial charge on any atom is -0.406 e. The maximum absolute atomic E-state index is 12.4. The number of hydrogen-bond acceptors (Lipinski definition) is 7. The number of carbonyl (C=O) groups is 1. The predicted octanol–water partition coefficient (Wildman–Crippen LogP) is 6.29. The number of ether oxygens (including phenoxy) is 1. The molecule has 0 bridgehead atoms. The molecule has 39 heavy (non-hydrogen) atoms. The van der Waals surface area contributed by atoms with Crippen LogP contribution in [0.2, 0.25) is 0 Å². The van der Waals surface area contributed by atoms with Crippen molar-refractivity contribution in [1.29, 1.82) is 0 Å². The zero-order chi connectivity index (χ0) is 27.6. The third-order valence-electron chi connectivity index (χ3n) is 5.72. The van der Waals surface area contributed by atoms with E-state index in [-0.39, 0.29) is 5.75 Å². The fourth-order valence-corrected chi connectivity index (χ4v) is 4.30. The topological polar surface area (TPSA) is 106 Å². The number of aryl methyl sites for hydroxylation is 2. The molecular weight excluding hydrogens is 531 g/mol. The van der Waals surface area contributed by atoms with Gasteiger partial charge in [0.2, 0.25) is 0 Å². The molecule has 5 aromatic rings. The molecule has 0 aliphatic heterocycles. The number of urea groups is 1. The molecule has 5 rings (SSSR count). The minimum atomic E-state index is -4.75. The highest BCUT2D eigenvalue weighted by atomic mass is 32.2. The van der Waals surface area contributed by atoms with Crippen LogP contribution in [0, 0.1) is 13.8 Å². The van der Waals surface area contributed by atoms with Gasteiger partial charge in [0.1, 0.15) is 12.1 Å². The molecule has 13 heteroatoms. The molecular formula is C26H20F3N7O2S. The Morgan fingerprint density at radius 1 is 1.05 bits per heavy atom. The number of hydrogen-bond donors (Lipinski definition) is 2. The first-order chi connectivity index (χ1) is 18.7. The van der Waals surface area contributed by atoms with Crippen LogP contribution in [0.15, 0.2) is 71.5 Å². The highest BCUT2D eigenvalue weighted by Crippen LogP contribution is 2.27. The van der Waals surface area contributed by atoms with Crippen LogP contribution in [0.5, 0.6) is 5.75 Å². The van der Waals surface area contributed by atoms with Gasteiger partial charge in [0.15, 0.2) is 5.82 Å². The lowest BCUT2D eigenvalue weighted by atomic mass is 10.1. The number of amides is 2. The number of aromatic nitrogens is 4. The van der Waals surface area contributed by atoms with E-state index in [9.17, 15) is 18.0 Å². The van der Waals surface area contributed by atoms with Gasteiger partial charge in [-0.15, -0.1) is 13.2 Å². The van der Waals surface area contributed by atoms with Gasteiger partial charge >= 0.3 is 12.4 Å². The van der Waals surface area contributed by atoms with Crippen LogP contribution in [0.3, 0.4) is 0 Å². The van der Waals surface area contributed by atoms with Gasteiger partial charge in [0, 0.05) is 23.0 Å². The number of alkyl halides is 3. The molecule has 0 radical (unpaired) electrons. The van der Waals surface area contributed by atoms with E-state index in [1.165, 1.54) is 30.5 Å². The van der Waals surface area contributed by atoms with Crippen molar-refractivity contribution in [1.82, 2.24) is 24.2 Å². The first-order valence-electron chi connectivity index (χ1n) is 11.5. The Morgan fingerprint density at radius 3 is 2.51 bits per heavy atom. The predicted molar refractivity (Wildman–Crippen MR) is 144 cm³/mol. The quantitative estimate of drug-likeness (QED) is 0.190. The van der Waals surface area contributed by atoms with Gasteiger partial charge in [-0.05, 0) is 61.4 Å². The number of halogens is 3. The van der Waals surface area contributed by atoms with Gasteiger partial charge < -0.3 is 10.1 Å². The Hall–Kier alpha value is -4.65. The van der Waals surface area contributed by atoms with Crippen LogP contribution in [0.4, 0.5) is 23.7 Å². The Kier molecular flexibility index (Phi) is 7.07. The van der Waals surface area contributed by atoms with Crippen LogP contribution in [0.1, 0.15) is 17.0 Å². The van der Waals surface area contributed by atoms with E-state index >= 15 is 0 Å². The molecule has 0 fully saturated rings. The van der Waals surface area contributed by atoms with E-state index in [1.807, 2.05) is 38.1 Å². The number of fused-ring (bicyclic) bond motifs is 3. The van der Waals surface area contributed by atoms with Gasteiger partial charge in [0.25, 0.3) is 0 Å². The van der Waals surface area contributed by atoms with E-state index in [4.69, 9.17) is 0 Å². The lowest BCUT2D eigenvalue weighted by Crippen LogP contribution is -2.23. The van der Waals surface area contributed by atoms with E-state index in [1.54, 1.807) is 23.2 Å². The highest BCUT2D eigenvalue weighted by molar-refractivity contribution is 7.96. The molecule has 2 amide bonds. The van der Waals surface area contributed by atoms with Crippen molar-refractivity contribution in [3.63, 3.8) is 0 Å². The number of para-hydroxylation sites is 1. The molecule has 0 saturated heterocycles. The first-order valence-corrected chi connectivity index (χ1v) is 12.3. The summed E-state index contributed by atoms with van der Waals surface area (Å²) in [5.41, 5.74) is 5.26. The van der Waals surface area contributed by atoms with Gasteiger partial charge in [-0.1, -0.05) is 18.2 Å². The first kappa shape index (κ1) is 26.0. The molecule has 3 aromatic carbocycles. The maximum Gasteiger partial charge on any atom is 0.573 e. The van der Waals surface area contributed by atoms with Crippen molar-refractivity contribution in [2.24, 2.45) is 4.40 Å². The van der Waals surface area contributed by atoms with E-state index in [0.29, 0.717) is 27.9 Å². The molecule has 0 aliphatic carbocycles. The second-order valence-corrected chi connectivity index (χ2v) is 9.00. The van der Waals surface area contributed by atoms with Crippen LogP contribution in [-0.4, -0.2) is 38.1 Å². The zero-order valence-corrected chi connectivity index (χ0v) is 21.3. The van der Waals surface area contributed by atoms with Crippen LogP contribution < -0.4 is 14.8 Å². The molecule has 0 spiro atoms. The highest BCUT2D eigenvalue weighted by Gasteiger charge is 2.31. The Bertz CT molecular complexity index is 1680. The summed E-state index contributed by atoms with van der Waals surface area (Å²) in [6.45, 7) is 3.83. The maximum atomic E-state index is 12.4. The van der Waals surface area contributed by atoms with Crippen molar-refractivity contribution >= 4 is 52.0 Å². The molecule has 2 aromatic heterocycles.